The largest absolute Gasteiger partial charge is 0.481 e. The molecule has 0 aliphatic carbocycles. The fourth-order valence-electron chi connectivity index (χ4n) is 1.59. The van der Waals surface area contributed by atoms with Gasteiger partial charge in [-0.2, -0.15) is 0 Å². The van der Waals surface area contributed by atoms with Gasteiger partial charge >= 0.3 is 5.97 Å². The Morgan fingerprint density at radius 3 is 2.44 bits per heavy atom. The fraction of sp³-hybridized carbons (Fsp3) is 0.417. The molecule has 1 rings (SSSR count). The minimum atomic E-state index is -3.04. The molecule has 0 radical (unpaired) electrons. The summed E-state index contributed by atoms with van der Waals surface area (Å²) in [5.74, 6) is -0.925. The van der Waals surface area contributed by atoms with Crippen LogP contribution in [0.3, 0.4) is 0 Å². The van der Waals surface area contributed by atoms with E-state index in [2.05, 4.69) is 5.32 Å². The Bertz CT molecular complexity index is 484. The van der Waals surface area contributed by atoms with Crippen molar-refractivity contribution in [3.63, 3.8) is 0 Å². The number of hydrogen-bond acceptors (Lipinski definition) is 4. The molecule has 0 saturated carbocycles. The van der Waals surface area contributed by atoms with E-state index in [0.717, 1.165) is 11.8 Å². The molecule has 0 spiro atoms. The Balaban J connectivity index is 2.65. The Hall–Kier alpha value is -1.40. The predicted octanol–water partition coefficient (Wildman–Crippen LogP) is 0.837. The molecule has 5 nitrogen and oxygen atoms in total. The molecular weight excluding hydrogens is 254 g/mol. The monoisotopic (exact) mass is 271 g/mol. The zero-order chi connectivity index (χ0) is 13.6. The number of carbonyl (C=O) groups is 1. The molecule has 0 bridgehead atoms. The fourth-order valence-corrected chi connectivity index (χ4v) is 2.08. The highest BCUT2D eigenvalue weighted by Gasteiger charge is 2.15. The van der Waals surface area contributed by atoms with E-state index < -0.39 is 15.8 Å². The number of carboxylic acids is 1. The summed E-state index contributed by atoms with van der Waals surface area (Å²) in [7, 11) is -3.04. The minimum Gasteiger partial charge on any atom is -0.481 e. The van der Waals surface area contributed by atoms with Gasteiger partial charge in [0.25, 0.3) is 0 Å². The number of rotatable bonds is 7. The average Bonchev–Trinajstić information content (AvgIpc) is 2.27. The highest BCUT2D eigenvalue weighted by molar-refractivity contribution is 7.90. The molecule has 0 saturated heterocycles. The molecule has 0 fully saturated rings. The number of benzene rings is 1. The molecule has 0 aliphatic heterocycles. The van der Waals surface area contributed by atoms with Crippen molar-refractivity contribution in [2.45, 2.75) is 12.5 Å². The topological polar surface area (TPSA) is 83.5 Å². The molecule has 1 aromatic carbocycles. The quantitative estimate of drug-likeness (QED) is 0.767. The van der Waals surface area contributed by atoms with E-state index in [9.17, 15) is 13.2 Å². The molecular formula is C12H17NO4S. The van der Waals surface area contributed by atoms with E-state index in [-0.39, 0.29) is 24.8 Å². The van der Waals surface area contributed by atoms with Gasteiger partial charge in [0.05, 0.1) is 12.2 Å². The number of carboxylic acid groups (broad SMARTS) is 1. The van der Waals surface area contributed by atoms with Gasteiger partial charge in [0.1, 0.15) is 9.84 Å². The average molecular weight is 271 g/mol. The van der Waals surface area contributed by atoms with Crippen LogP contribution in [0.4, 0.5) is 0 Å². The third-order valence-electron chi connectivity index (χ3n) is 2.44. The first-order chi connectivity index (χ1) is 8.38. The van der Waals surface area contributed by atoms with Gasteiger partial charge in [-0.15, -0.1) is 0 Å². The van der Waals surface area contributed by atoms with Gasteiger partial charge in [0.2, 0.25) is 0 Å². The van der Waals surface area contributed by atoms with Gasteiger partial charge in [-0.05, 0) is 5.56 Å². The van der Waals surface area contributed by atoms with Crippen LogP contribution < -0.4 is 5.32 Å². The second kappa shape index (κ2) is 6.51. The smallest absolute Gasteiger partial charge is 0.305 e. The Kier molecular flexibility index (Phi) is 5.30. The van der Waals surface area contributed by atoms with Crippen molar-refractivity contribution in [1.82, 2.24) is 5.32 Å². The van der Waals surface area contributed by atoms with Gasteiger partial charge in [0.15, 0.2) is 0 Å². The van der Waals surface area contributed by atoms with Crippen molar-refractivity contribution in [1.29, 1.82) is 0 Å². The lowest BCUT2D eigenvalue weighted by molar-refractivity contribution is -0.137. The van der Waals surface area contributed by atoms with Crippen LogP contribution >= 0.6 is 0 Å². The second-order valence-corrected chi connectivity index (χ2v) is 6.40. The molecule has 100 valence electrons. The van der Waals surface area contributed by atoms with Crippen molar-refractivity contribution >= 4 is 15.8 Å². The van der Waals surface area contributed by atoms with Crippen LogP contribution in [0.2, 0.25) is 0 Å². The lowest BCUT2D eigenvalue weighted by Gasteiger charge is -2.17. The van der Waals surface area contributed by atoms with E-state index in [4.69, 9.17) is 5.11 Å². The van der Waals surface area contributed by atoms with Crippen LogP contribution in [-0.2, 0) is 14.6 Å². The zero-order valence-corrected chi connectivity index (χ0v) is 11.0. The molecule has 1 atom stereocenters. The first kappa shape index (κ1) is 14.7. The third kappa shape index (κ3) is 5.79. The molecule has 6 heteroatoms. The van der Waals surface area contributed by atoms with Crippen LogP contribution in [0.5, 0.6) is 0 Å². The molecule has 1 unspecified atom stereocenters. The molecule has 18 heavy (non-hydrogen) atoms. The maximum atomic E-state index is 11.0. The second-order valence-electron chi connectivity index (χ2n) is 4.15. The van der Waals surface area contributed by atoms with Gasteiger partial charge in [-0.1, -0.05) is 30.3 Å². The molecule has 2 N–H and O–H groups in total. The lowest BCUT2D eigenvalue weighted by Crippen LogP contribution is -2.28. The lowest BCUT2D eigenvalue weighted by atomic mass is 10.0. The summed E-state index contributed by atoms with van der Waals surface area (Å²) < 4.78 is 22.0. The molecule has 0 amide bonds. The Labute approximate surface area is 107 Å². The highest BCUT2D eigenvalue weighted by atomic mass is 32.2. The van der Waals surface area contributed by atoms with Gasteiger partial charge in [0, 0.05) is 18.8 Å². The Morgan fingerprint density at radius 2 is 1.94 bits per heavy atom. The summed E-state index contributed by atoms with van der Waals surface area (Å²) >= 11 is 0. The summed E-state index contributed by atoms with van der Waals surface area (Å²) in [4.78, 5) is 10.8. The van der Waals surface area contributed by atoms with Gasteiger partial charge < -0.3 is 10.4 Å². The molecule has 0 aromatic heterocycles. The first-order valence-electron chi connectivity index (χ1n) is 5.56. The standard InChI is InChI=1S/C12H17NO4S/c1-18(16,17)8-7-13-11(9-12(14)15)10-5-3-2-4-6-10/h2-6,11,13H,7-9H2,1H3,(H,14,15). The third-order valence-corrected chi connectivity index (χ3v) is 3.39. The number of sulfone groups is 1. The van der Waals surface area contributed by atoms with E-state index in [1.165, 1.54) is 0 Å². The van der Waals surface area contributed by atoms with E-state index in [1.54, 1.807) is 0 Å². The molecule has 1 aromatic rings. The minimum absolute atomic E-state index is 0.00402. The van der Waals surface area contributed by atoms with Crippen molar-refractivity contribution < 1.29 is 18.3 Å². The summed E-state index contributed by atoms with van der Waals surface area (Å²) in [6.45, 7) is 0.242. The highest BCUT2D eigenvalue weighted by Crippen LogP contribution is 2.16. The molecule has 0 heterocycles. The van der Waals surface area contributed by atoms with Crippen molar-refractivity contribution in [3.05, 3.63) is 35.9 Å². The van der Waals surface area contributed by atoms with Crippen LogP contribution in [0, 0.1) is 0 Å². The predicted molar refractivity (Wildman–Crippen MR) is 69.1 cm³/mol. The first-order valence-corrected chi connectivity index (χ1v) is 7.62. The summed E-state index contributed by atoms with van der Waals surface area (Å²) in [5.41, 5.74) is 0.841. The van der Waals surface area contributed by atoms with Crippen LogP contribution in [-0.4, -0.2) is 38.0 Å². The van der Waals surface area contributed by atoms with E-state index >= 15 is 0 Å². The summed E-state index contributed by atoms with van der Waals surface area (Å²) in [5, 5.41) is 11.8. The van der Waals surface area contributed by atoms with Crippen molar-refractivity contribution in [2.75, 3.05) is 18.6 Å². The zero-order valence-electron chi connectivity index (χ0n) is 10.2. The number of nitrogens with one attached hydrogen (secondary N) is 1. The van der Waals surface area contributed by atoms with Gasteiger partial charge in [-0.25, -0.2) is 8.42 Å². The SMILES string of the molecule is CS(=O)(=O)CCNC(CC(=O)O)c1ccccc1. The maximum Gasteiger partial charge on any atom is 0.305 e. The van der Waals surface area contributed by atoms with Gasteiger partial charge in [-0.3, -0.25) is 4.79 Å². The number of hydrogen-bond donors (Lipinski definition) is 2. The summed E-state index contributed by atoms with van der Waals surface area (Å²) in [6, 6.07) is 8.76. The summed E-state index contributed by atoms with van der Waals surface area (Å²) in [6.07, 6.45) is 1.08. The Morgan fingerprint density at radius 1 is 1.33 bits per heavy atom. The number of aliphatic carboxylic acids is 1. The normalized spacial score (nSPS) is 13.2. The van der Waals surface area contributed by atoms with Crippen LogP contribution in [0.15, 0.2) is 30.3 Å². The maximum absolute atomic E-state index is 11.0. The van der Waals surface area contributed by atoms with E-state index in [1.807, 2.05) is 30.3 Å². The molecule has 0 aliphatic rings. The van der Waals surface area contributed by atoms with Crippen LogP contribution in [0.1, 0.15) is 18.0 Å². The van der Waals surface area contributed by atoms with E-state index in [0.29, 0.717) is 0 Å². The van der Waals surface area contributed by atoms with Crippen molar-refractivity contribution in [2.24, 2.45) is 0 Å². The van der Waals surface area contributed by atoms with Crippen LogP contribution in [0.25, 0.3) is 0 Å². The van der Waals surface area contributed by atoms with Crippen molar-refractivity contribution in [3.8, 4) is 0 Å².